The summed E-state index contributed by atoms with van der Waals surface area (Å²) < 4.78 is 21.1. The van der Waals surface area contributed by atoms with E-state index >= 15 is 0 Å². The number of rotatable bonds is 2. The average molecular weight is 415 g/mol. The molecule has 3 aliphatic heterocycles. The Morgan fingerprint density at radius 2 is 1.55 bits per heavy atom. The molecule has 2 aromatic carbocycles. The number of barbiturate groups is 1. The van der Waals surface area contributed by atoms with Crippen molar-refractivity contribution < 1.29 is 33.3 Å². The van der Waals surface area contributed by atoms with Crippen LogP contribution in [0.4, 0.5) is 10.5 Å². The number of carbonyl (C=O) groups is 3. The van der Waals surface area contributed by atoms with Crippen LogP contribution in [0.5, 0.6) is 23.0 Å². The summed E-state index contributed by atoms with van der Waals surface area (Å²) in [7, 11) is 0. The molecule has 0 unspecified atom stereocenters. The molecular formula is C19H11ClN2O7. The van der Waals surface area contributed by atoms with E-state index in [0.29, 0.717) is 28.6 Å². The Labute approximate surface area is 168 Å². The number of halogens is 1. The predicted octanol–water partition coefficient (Wildman–Crippen LogP) is 2.46. The molecule has 3 aliphatic rings. The van der Waals surface area contributed by atoms with Gasteiger partial charge < -0.3 is 18.9 Å². The number of urea groups is 1. The molecule has 146 valence electrons. The maximum atomic E-state index is 13.0. The van der Waals surface area contributed by atoms with Gasteiger partial charge in [0.05, 0.1) is 10.7 Å². The van der Waals surface area contributed by atoms with E-state index in [2.05, 4.69) is 5.32 Å². The molecule has 1 fully saturated rings. The first-order valence-electron chi connectivity index (χ1n) is 8.41. The highest BCUT2D eigenvalue weighted by Gasteiger charge is 2.37. The van der Waals surface area contributed by atoms with Crippen LogP contribution in [0.3, 0.4) is 0 Å². The van der Waals surface area contributed by atoms with Crippen LogP contribution in [0.2, 0.25) is 5.02 Å². The van der Waals surface area contributed by atoms with E-state index in [1.165, 1.54) is 24.3 Å². The predicted molar refractivity (Wildman–Crippen MR) is 99.1 cm³/mol. The molecule has 10 heteroatoms. The molecule has 4 amide bonds. The minimum absolute atomic E-state index is 0.0468. The zero-order valence-corrected chi connectivity index (χ0v) is 15.3. The molecule has 0 aliphatic carbocycles. The van der Waals surface area contributed by atoms with E-state index in [1.54, 1.807) is 12.1 Å². The van der Waals surface area contributed by atoms with Crippen molar-refractivity contribution in [3.63, 3.8) is 0 Å². The van der Waals surface area contributed by atoms with Gasteiger partial charge in [-0.2, -0.15) is 0 Å². The molecular weight excluding hydrogens is 404 g/mol. The highest BCUT2D eigenvalue weighted by atomic mass is 35.5. The number of nitrogens with one attached hydrogen (secondary N) is 1. The van der Waals surface area contributed by atoms with Gasteiger partial charge in [-0.1, -0.05) is 11.6 Å². The van der Waals surface area contributed by atoms with Gasteiger partial charge in [-0.15, -0.1) is 0 Å². The molecule has 0 aromatic heterocycles. The van der Waals surface area contributed by atoms with Gasteiger partial charge in [0.15, 0.2) is 23.0 Å². The number of carbonyl (C=O) groups excluding carboxylic acids is 3. The number of hydrogen-bond acceptors (Lipinski definition) is 7. The van der Waals surface area contributed by atoms with Gasteiger partial charge >= 0.3 is 6.03 Å². The number of imide groups is 2. The van der Waals surface area contributed by atoms with Crippen molar-refractivity contribution in [2.75, 3.05) is 18.5 Å². The van der Waals surface area contributed by atoms with Gasteiger partial charge in [-0.3, -0.25) is 14.9 Å². The molecule has 3 heterocycles. The van der Waals surface area contributed by atoms with Crippen LogP contribution in [0.25, 0.3) is 6.08 Å². The van der Waals surface area contributed by atoms with Crippen molar-refractivity contribution in [1.29, 1.82) is 0 Å². The molecule has 0 radical (unpaired) electrons. The molecule has 0 bridgehead atoms. The van der Waals surface area contributed by atoms with Gasteiger partial charge in [-0.25, -0.2) is 9.69 Å². The quantitative estimate of drug-likeness (QED) is 0.594. The largest absolute Gasteiger partial charge is 0.454 e. The molecule has 5 rings (SSSR count). The molecule has 0 spiro atoms. The number of hydrogen-bond donors (Lipinski definition) is 1. The summed E-state index contributed by atoms with van der Waals surface area (Å²) in [6, 6.07) is 6.80. The van der Waals surface area contributed by atoms with E-state index in [1.807, 2.05) is 0 Å². The van der Waals surface area contributed by atoms with E-state index in [0.717, 1.165) is 4.90 Å². The van der Waals surface area contributed by atoms with Crippen molar-refractivity contribution >= 4 is 41.2 Å². The molecule has 2 aromatic rings. The first kappa shape index (κ1) is 17.4. The van der Waals surface area contributed by atoms with Crippen LogP contribution in [0.15, 0.2) is 35.9 Å². The highest BCUT2D eigenvalue weighted by Crippen LogP contribution is 2.39. The minimum Gasteiger partial charge on any atom is -0.454 e. The fourth-order valence-corrected chi connectivity index (χ4v) is 3.32. The normalized spacial score (nSPS) is 18.4. The Morgan fingerprint density at radius 3 is 2.31 bits per heavy atom. The molecule has 1 saturated heterocycles. The van der Waals surface area contributed by atoms with E-state index in [4.69, 9.17) is 30.5 Å². The summed E-state index contributed by atoms with van der Waals surface area (Å²) in [6.45, 7) is 0.0999. The Morgan fingerprint density at radius 1 is 0.897 bits per heavy atom. The van der Waals surface area contributed by atoms with Crippen molar-refractivity contribution in [1.82, 2.24) is 5.32 Å². The Balaban J connectivity index is 1.54. The molecule has 0 atom stereocenters. The molecule has 29 heavy (non-hydrogen) atoms. The topological polar surface area (TPSA) is 103 Å². The summed E-state index contributed by atoms with van der Waals surface area (Å²) in [6.07, 6.45) is 1.30. The van der Waals surface area contributed by atoms with Gasteiger partial charge in [0.25, 0.3) is 11.8 Å². The number of nitrogens with zero attached hydrogens (tertiary/aromatic N) is 1. The van der Waals surface area contributed by atoms with Gasteiger partial charge in [0.2, 0.25) is 13.6 Å². The van der Waals surface area contributed by atoms with E-state index in [9.17, 15) is 14.4 Å². The van der Waals surface area contributed by atoms with Gasteiger partial charge in [0.1, 0.15) is 5.57 Å². The summed E-state index contributed by atoms with van der Waals surface area (Å²) in [5.74, 6) is 0.168. The van der Waals surface area contributed by atoms with Crippen LogP contribution in [0, 0.1) is 0 Å². The van der Waals surface area contributed by atoms with Crippen LogP contribution in [-0.2, 0) is 9.59 Å². The Kier molecular flexibility index (Phi) is 3.85. The van der Waals surface area contributed by atoms with E-state index < -0.39 is 17.8 Å². The van der Waals surface area contributed by atoms with Crippen LogP contribution < -0.4 is 29.2 Å². The standard InChI is InChI=1S/C19H11ClN2O7/c20-12-6-16-14(27-8-29-16)4-9(12)3-11-17(23)21-19(25)22(18(11)24)10-1-2-13-15(5-10)28-7-26-13/h1-6H,7-8H2,(H,21,23,25)/b11-3+. The number of anilines is 1. The lowest BCUT2D eigenvalue weighted by atomic mass is 10.1. The second-order valence-corrected chi connectivity index (χ2v) is 6.63. The monoisotopic (exact) mass is 414 g/mol. The fraction of sp³-hybridized carbons (Fsp3) is 0.105. The highest BCUT2D eigenvalue weighted by molar-refractivity contribution is 6.40. The fourth-order valence-electron chi connectivity index (χ4n) is 3.12. The zero-order chi connectivity index (χ0) is 20.1. The number of amides is 4. The van der Waals surface area contributed by atoms with Crippen molar-refractivity contribution in [2.24, 2.45) is 0 Å². The third kappa shape index (κ3) is 2.83. The second-order valence-electron chi connectivity index (χ2n) is 6.22. The first-order valence-corrected chi connectivity index (χ1v) is 8.79. The van der Waals surface area contributed by atoms with Gasteiger partial charge in [0, 0.05) is 12.1 Å². The smallest absolute Gasteiger partial charge is 0.335 e. The summed E-state index contributed by atoms with van der Waals surface area (Å²) in [5, 5.41) is 2.41. The van der Waals surface area contributed by atoms with Crippen molar-refractivity contribution in [3.8, 4) is 23.0 Å². The molecule has 0 saturated carbocycles. The van der Waals surface area contributed by atoms with Crippen molar-refractivity contribution in [3.05, 3.63) is 46.5 Å². The lowest BCUT2D eigenvalue weighted by Gasteiger charge is -2.26. The lowest BCUT2D eigenvalue weighted by Crippen LogP contribution is -2.54. The molecule has 9 nitrogen and oxygen atoms in total. The zero-order valence-electron chi connectivity index (χ0n) is 14.6. The summed E-state index contributed by atoms with van der Waals surface area (Å²) in [5.41, 5.74) is 0.337. The SMILES string of the molecule is O=C1NC(=O)N(c2ccc3c(c2)OCO3)C(=O)/C1=C/c1cc2c(cc1Cl)OCO2. The maximum absolute atomic E-state index is 13.0. The minimum atomic E-state index is -0.868. The Hall–Kier alpha value is -3.72. The van der Waals surface area contributed by atoms with Crippen LogP contribution >= 0.6 is 11.6 Å². The number of ether oxygens (including phenoxy) is 4. The third-order valence-electron chi connectivity index (χ3n) is 4.51. The summed E-state index contributed by atoms with van der Waals surface area (Å²) >= 11 is 6.23. The second kappa shape index (κ2) is 6.42. The summed E-state index contributed by atoms with van der Waals surface area (Å²) in [4.78, 5) is 38.5. The van der Waals surface area contributed by atoms with Crippen LogP contribution in [0.1, 0.15) is 5.56 Å². The Bertz CT molecular complexity index is 1130. The number of benzene rings is 2. The number of fused-ring (bicyclic) bond motifs is 2. The third-order valence-corrected chi connectivity index (χ3v) is 4.84. The van der Waals surface area contributed by atoms with Crippen LogP contribution in [-0.4, -0.2) is 31.4 Å². The van der Waals surface area contributed by atoms with Crippen molar-refractivity contribution in [2.45, 2.75) is 0 Å². The first-order chi connectivity index (χ1) is 14.0. The maximum Gasteiger partial charge on any atom is 0.335 e. The van der Waals surface area contributed by atoms with Gasteiger partial charge in [-0.05, 0) is 29.8 Å². The lowest BCUT2D eigenvalue weighted by molar-refractivity contribution is -0.122. The average Bonchev–Trinajstić information content (AvgIpc) is 3.33. The van der Waals surface area contributed by atoms with E-state index in [-0.39, 0.29) is 29.9 Å². The molecule has 1 N–H and O–H groups in total.